The molecule has 0 fully saturated rings. The van der Waals surface area contributed by atoms with Gasteiger partial charge in [0.2, 0.25) is 0 Å². The number of carbonyl (C=O) groups excluding carboxylic acids is 2. The molecule has 1 aromatic carbocycles. The minimum Gasteiger partial charge on any atom is -0.320 e. The molecule has 0 aliphatic rings. The second-order valence-electron chi connectivity index (χ2n) is 6.52. The van der Waals surface area contributed by atoms with E-state index in [1.165, 1.54) is 0 Å². The van der Waals surface area contributed by atoms with Gasteiger partial charge in [-0.2, -0.15) is 5.10 Å². The first kappa shape index (κ1) is 19.9. The third-order valence-corrected chi connectivity index (χ3v) is 4.46. The van der Waals surface area contributed by atoms with Gasteiger partial charge in [-0.1, -0.05) is 23.7 Å². The molecular weight excluding hydrogens is 354 g/mol. The molecule has 0 aliphatic heterocycles. The lowest BCUT2D eigenvalue weighted by molar-refractivity contribution is -0.885. The zero-order chi connectivity index (χ0) is 19.3. The van der Waals surface area contributed by atoms with Gasteiger partial charge in [0.1, 0.15) is 5.82 Å². The molecule has 1 heterocycles. The van der Waals surface area contributed by atoms with E-state index < -0.39 is 6.04 Å². The van der Waals surface area contributed by atoms with Crippen LogP contribution >= 0.6 is 11.6 Å². The van der Waals surface area contributed by atoms with Crippen LogP contribution in [0.15, 0.2) is 36.5 Å². The number of quaternary nitrogens is 1. The predicted molar refractivity (Wildman–Crippen MR) is 103 cm³/mol. The summed E-state index contributed by atoms with van der Waals surface area (Å²) in [5, 5.41) is 10.3. The van der Waals surface area contributed by atoms with Gasteiger partial charge in [0.05, 0.1) is 24.0 Å². The fourth-order valence-corrected chi connectivity index (χ4v) is 2.63. The van der Waals surface area contributed by atoms with Crippen molar-refractivity contribution in [3.05, 3.63) is 41.6 Å². The molecule has 0 saturated heterocycles. The van der Waals surface area contributed by atoms with Crippen LogP contribution in [0.4, 0.5) is 11.5 Å². The number of amides is 2. The van der Waals surface area contributed by atoms with Crippen molar-refractivity contribution in [3.63, 3.8) is 0 Å². The normalized spacial score (nSPS) is 13.3. The number of aromatic nitrogens is 2. The molecule has 2 aromatic rings. The Morgan fingerprint density at radius 3 is 2.54 bits per heavy atom. The minimum absolute atomic E-state index is 0.141. The first-order chi connectivity index (χ1) is 12.3. The molecule has 26 heavy (non-hydrogen) atoms. The van der Waals surface area contributed by atoms with Gasteiger partial charge in [-0.25, -0.2) is 4.68 Å². The maximum atomic E-state index is 12.5. The fraction of sp³-hybridized carbons (Fsp3) is 0.389. The third kappa shape index (κ3) is 5.06. The highest BCUT2D eigenvalue weighted by atomic mass is 35.5. The lowest BCUT2D eigenvalue weighted by Gasteiger charge is -2.21. The van der Waals surface area contributed by atoms with Gasteiger partial charge in [-0.05, 0) is 32.9 Å². The van der Waals surface area contributed by atoms with Gasteiger partial charge in [0.25, 0.3) is 11.8 Å². The van der Waals surface area contributed by atoms with Crippen molar-refractivity contribution >= 4 is 34.9 Å². The Bertz CT molecular complexity index is 774. The fourth-order valence-electron chi connectivity index (χ4n) is 2.45. The Morgan fingerprint density at radius 1 is 1.19 bits per heavy atom. The summed E-state index contributed by atoms with van der Waals surface area (Å²) >= 11 is 6.04. The molecule has 0 bridgehead atoms. The van der Waals surface area contributed by atoms with Gasteiger partial charge in [0.15, 0.2) is 12.6 Å². The van der Waals surface area contributed by atoms with Crippen LogP contribution in [-0.2, 0) is 9.59 Å². The van der Waals surface area contributed by atoms with Gasteiger partial charge in [-0.15, -0.1) is 0 Å². The number of likely N-dealkylation sites (N-methyl/N-ethyl adjacent to an activating group) is 1. The van der Waals surface area contributed by atoms with E-state index in [1.807, 2.05) is 13.8 Å². The largest absolute Gasteiger partial charge is 0.320 e. The van der Waals surface area contributed by atoms with E-state index >= 15 is 0 Å². The summed E-state index contributed by atoms with van der Waals surface area (Å²) in [6, 6.07) is 8.52. The van der Waals surface area contributed by atoms with Crippen molar-refractivity contribution in [2.45, 2.75) is 32.9 Å². The van der Waals surface area contributed by atoms with Gasteiger partial charge in [-0.3, -0.25) is 9.59 Å². The maximum absolute atomic E-state index is 12.5. The van der Waals surface area contributed by atoms with Crippen molar-refractivity contribution in [1.29, 1.82) is 0 Å². The predicted octanol–water partition coefficient (Wildman–Crippen LogP) is 1.60. The number of hydrogen-bond acceptors (Lipinski definition) is 3. The molecule has 1 unspecified atom stereocenters. The zero-order valence-electron chi connectivity index (χ0n) is 15.4. The Kier molecular flexibility index (Phi) is 6.76. The Hall–Kier alpha value is -2.38. The number of nitrogens with one attached hydrogen (secondary N) is 3. The molecule has 2 rings (SSSR count). The number of anilines is 2. The molecule has 1 aromatic heterocycles. The summed E-state index contributed by atoms with van der Waals surface area (Å²) in [6.45, 7) is 5.90. The lowest BCUT2D eigenvalue weighted by Crippen LogP contribution is -3.14. The van der Waals surface area contributed by atoms with E-state index in [0.29, 0.717) is 16.5 Å². The lowest BCUT2D eigenvalue weighted by atomic mass is 10.2. The third-order valence-electron chi connectivity index (χ3n) is 4.13. The van der Waals surface area contributed by atoms with Crippen molar-refractivity contribution in [3.8, 4) is 0 Å². The molecule has 2 amide bonds. The Morgan fingerprint density at radius 2 is 1.88 bits per heavy atom. The molecule has 8 heteroatoms. The van der Waals surface area contributed by atoms with E-state index in [1.54, 1.807) is 55.2 Å². The Labute approximate surface area is 158 Å². The van der Waals surface area contributed by atoms with E-state index in [-0.39, 0.29) is 24.4 Å². The van der Waals surface area contributed by atoms with Crippen LogP contribution in [0.1, 0.15) is 26.8 Å². The molecule has 0 radical (unpaired) electrons. The number of rotatable bonds is 7. The number of carbonyl (C=O) groups is 2. The van der Waals surface area contributed by atoms with Crippen LogP contribution in [0.2, 0.25) is 5.02 Å². The topological polar surface area (TPSA) is 80.5 Å². The second kappa shape index (κ2) is 8.82. The van der Waals surface area contributed by atoms with E-state index in [4.69, 9.17) is 11.6 Å². The van der Waals surface area contributed by atoms with Crippen LogP contribution in [0.3, 0.4) is 0 Å². The van der Waals surface area contributed by atoms with E-state index in [0.717, 1.165) is 4.90 Å². The smallest absolute Gasteiger partial charge is 0.283 e. The van der Waals surface area contributed by atoms with Crippen molar-refractivity contribution in [2.24, 2.45) is 0 Å². The zero-order valence-corrected chi connectivity index (χ0v) is 16.2. The number of para-hydroxylation sites is 1. The van der Waals surface area contributed by atoms with Crippen LogP contribution in [-0.4, -0.2) is 41.2 Å². The van der Waals surface area contributed by atoms with Crippen LogP contribution < -0.4 is 15.5 Å². The first-order valence-corrected chi connectivity index (χ1v) is 8.88. The highest BCUT2D eigenvalue weighted by molar-refractivity contribution is 6.33. The van der Waals surface area contributed by atoms with Gasteiger partial charge >= 0.3 is 0 Å². The molecule has 2 atom stereocenters. The van der Waals surface area contributed by atoms with Crippen molar-refractivity contribution in [2.75, 3.05) is 24.2 Å². The number of benzene rings is 1. The number of nitrogens with zero attached hydrogens (tertiary/aromatic N) is 2. The summed E-state index contributed by atoms with van der Waals surface area (Å²) in [6.07, 6.45) is 1.65. The van der Waals surface area contributed by atoms with Gasteiger partial charge in [0, 0.05) is 12.1 Å². The molecule has 3 N–H and O–H groups in total. The average Bonchev–Trinajstić information content (AvgIpc) is 3.04. The molecule has 0 aliphatic carbocycles. The monoisotopic (exact) mass is 378 g/mol. The maximum Gasteiger partial charge on any atom is 0.283 e. The molecular formula is C18H25ClN5O2+. The number of hydrogen-bond donors (Lipinski definition) is 3. The van der Waals surface area contributed by atoms with Crippen LogP contribution in [0.5, 0.6) is 0 Å². The van der Waals surface area contributed by atoms with Gasteiger partial charge < -0.3 is 15.5 Å². The number of halogens is 1. The van der Waals surface area contributed by atoms with Crippen LogP contribution in [0, 0.1) is 0 Å². The quantitative estimate of drug-likeness (QED) is 0.684. The van der Waals surface area contributed by atoms with E-state index in [9.17, 15) is 9.59 Å². The summed E-state index contributed by atoms with van der Waals surface area (Å²) in [5.74, 6) is 0.267. The summed E-state index contributed by atoms with van der Waals surface area (Å²) in [4.78, 5) is 25.5. The summed E-state index contributed by atoms with van der Waals surface area (Å²) in [5.41, 5.74) is 0.560. The van der Waals surface area contributed by atoms with Crippen LogP contribution in [0.25, 0.3) is 0 Å². The minimum atomic E-state index is -0.414. The van der Waals surface area contributed by atoms with Crippen molar-refractivity contribution < 1.29 is 14.5 Å². The highest BCUT2D eigenvalue weighted by Gasteiger charge is 2.25. The van der Waals surface area contributed by atoms with E-state index in [2.05, 4.69) is 15.7 Å². The Balaban J connectivity index is 1.92. The molecule has 140 valence electrons. The second-order valence-corrected chi connectivity index (χ2v) is 6.92. The highest BCUT2D eigenvalue weighted by Crippen LogP contribution is 2.19. The summed E-state index contributed by atoms with van der Waals surface area (Å²) in [7, 11) is 1.80. The van der Waals surface area contributed by atoms with Crippen molar-refractivity contribution in [1.82, 2.24) is 9.78 Å². The average molecular weight is 379 g/mol. The molecule has 7 nitrogen and oxygen atoms in total. The molecule has 0 saturated carbocycles. The SMILES string of the molecule is CC(C)n1nccc1NC(=O)[C@@H](C)[NH+](C)CC(=O)Nc1ccccc1Cl. The summed E-state index contributed by atoms with van der Waals surface area (Å²) < 4.78 is 1.74. The first-order valence-electron chi connectivity index (χ1n) is 8.50. The standard InChI is InChI=1S/C18H24ClN5O2/c1-12(2)24-16(9-10-20-24)22-18(26)13(3)23(4)11-17(25)21-15-8-6-5-7-14(15)19/h5-10,12-13H,11H2,1-4H3,(H,21,25)(H,22,26)/p+1/t13-/m1/s1. The molecule has 0 spiro atoms.